The van der Waals surface area contributed by atoms with Gasteiger partial charge in [0.25, 0.3) is 0 Å². The monoisotopic (exact) mass is 351 g/mol. The quantitative estimate of drug-likeness (QED) is 0.767. The van der Waals surface area contributed by atoms with Gasteiger partial charge < -0.3 is 0 Å². The maximum absolute atomic E-state index is 12.4. The van der Waals surface area contributed by atoms with Gasteiger partial charge in [-0.1, -0.05) is 22.9 Å². The van der Waals surface area contributed by atoms with Crippen molar-refractivity contribution in [3.63, 3.8) is 0 Å². The predicted molar refractivity (Wildman–Crippen MR) is 76.3 cm³/mol. The van der Waals surface area contributed by atoms with Crippen molar-refractivity contribution >= 4 is 37.6 Å². The summed E-state index contributed by atoms with van der Waals surface area (Å²) in [4.78, 5) is 0.339. The SMILES string of the molecule is CC1CN(S(=O)(=O)c2ccc(Br)cc2)CCC1Cl. The molecule has 0 bridgehead atoms. The maximum Gasteiger partial charge on any atom is 0.243 e. The van der Waals surface area contributed by atoms with E-state index < -0.39 is 10.0 Å². The second-order valence-corrected chi connectivity index (χ2v) is 8.01. The van der Waals surface area contributed by atoms with Crippen LogP contribution in [0.2, 0.25) is 0 Å². The minimum Gasteiger partial charge on any atom is -0.207 e. The van der Waals surface area contributed by atoms with Gasteiger partial charge in [-0.2, -0.15) is 4.31 Å². The minimum absolute atomic E-state index is 0.0707. The lowest BCUT2D eigenvalue weighted by Gasteiger charge is -2.33. The summed E-state index contributed by atoms with van der Waals surface area (Å²) >= 11 is 9.42. The third kappa shape index (κ3) is 2.90. The van der Waals surface area contributed by atoms with Crippen LogP contribution >= 0.6 is 27.5 Å². The molecule has 6 heteroatoms. The van der Waals surface area contributed by atoms with Crippen LogP contribution in [0.5, 0.6) is 0 Å². The van der Waals surface area contributed by atoms with Crippen LogP contribution < -0.4 is 0 Å². The summed E-state index contributed by atoms with van der Waals surface area (Å²) in [6.45, 7) is 2.98. The maximum atomic E-state index is 12.4. The van der Waals surface area contributed by atoms with E-state index in [1.165, 1.54) is 4.31 Å². The number of halogens is 2. The molecule has 1 aliphatic rings. The molecule has 0 aromatic heterocycles. The topological polar surface area (TPSA) is 37.4 Å². The summed E-state index contributed by atoms with van der Waals surface area (Å²) in [5.74, 6) is 0.186. The van der Waals surface area contributed by atoms with Crippen molar-refractivity contribution in [2.24, 2.45) is 5.92 Å². The van der Waals surface area contributed by atoms with Gasteiger partial charge in [-0.15, -0.1) is 11.6 Å². The largest absolute Gasteiger partial charge is 0.243 e. The minimum atomic E-state index is -3.38. The van der Waals surface area contributed by atoms with Crippen molar-refractivity contribution in [3.05, 3.63) is 28.7 Å². The molecule has 1 heterocycles. The highest BCUT2D eigenvalue weighted by Crippen LogP contribution is 2.27. The molecular formula is C12H15BrClNO2S. The van der Waals surface area contributed by atoms with E-state index in [-0.39, 0.29) is 11.3 Å². The highest BCUT2D eigenvalue weighted by molar-refractivity contribution is 9.10. The zero-order chi connectivity index (χ0) is 13.3. The summed E-state index contributed by atoms with van der Waals surface area (Å²) in [5.41, 5.74) is 0. The molecule has 0 saturated carbocycles. The van der Waals surface area contributed by atoms with Crippen molar-refractivity contribution in [2.75, 3.05) is 13.1 Å². The normalized spacial score (nSPS) is 26.2. The number of hydrogen-bond donors (Lipinski definition) is 0. The Morgan fingerprint density at radius 2 is 1.94 bits per heavy atom. The molecule has 0 radical (unpaired) electrons. The van der Waals surface area contributed by atoms with E-state index >= 15 is 0 Å². The number of sulfonamides is 1. The molecule has 1 aliphatic heterocycles. The van der Waals surface area contributed by atoms with Crippen LogP contribution in [-0.4, -0.2) is 31.2 Å². The lowest BCUT2D eigenvalue weighted by atomic mass is 10.0. The average Bonchev–Trinajstić information content (AvgIpc) is 2.33. The first-order valence-electron chi connectivity index (χ1n) is 5.81. The molecule has 0 amide bonds. The Hall–Kier alpha value is -0.100. The number of rotatable bonds is 2. The van der Waals surface area contributed by atoms with Crippen LogP contribution in [0.4, 0.5) is 0 Å². The first-order valence-corrected chi connectivity index (χ1v) is 8.48. The van der Waals surface area contributed by atoms with Crippen LogP contribution in [0, 0.1) is 5.92 Å². The van der Waals surface area contributed by atoms with Crippen LogP contribution in [0.15, 0.2) is 33.6 Å². The molecule has 0 aliphatic carbocycles. The van der Waals surface area contributed by atoms with Crippen LogP contribution in [0.1, 0.15) is 13.3 Å². The van der Waals surface area contributed by atoms with E-state index in [4.69, 9.17) is 11.6 Å². The molecule has 3 nitrogen and oxygen atoms in total. The Bertz CT molecular complexity index is 517. The number of piperidine rings is 1. The van der Waals surface area contributed by atoms with E-state index in [9.17, 15) is 8.42 Å². The summed E-state index contributed by atoms with van der Waals surface area (Å²) < 4.78 is 27.2. The molecule has 0 spiro atoms. The van der Waals surface area contributed by atoms with Gasteiger partial charge in [-0.05, 0) is 36.6 Å². The standard InChI is InChI=1S/C12H15BrClNO2S/c1-9-8-15(7-6-12(9)14)18(16,17)11-4-2-10(13)3-5-11/h2-5,9,12H,6-8H2,1H3. The average molecular weight is 353 g/mol. The van der Waals surface area contributed by atoms with Gasteiger partial charge in [0, 0.05) is 22.9 Å². The van der Waals surface area contributed by atoms with Gasteiger partial charge in [-0.3, -0.25) is 0 Å². The second kappa shape index (κ2) is 5.49. The highest BCUT2D eigenvalue weighted by atomic mass is 79.9. The Morgan fingerprint density at radius 1 is 1.33 bits per heavy atom. The van der Waals surface area contributed by atoms with Crippen LogP contribution in [0.25, 0.3) is 0 Å². The van der Waals surface area contributed by atoms with E-state index in [1.54, 1.807) is 24.3 Å². The smallest absolute Gasteiger partial charge is 0.207 e. The number of hydrogen-bond acceptors (Lipinski definition) is 2. The molecule has 1 aromatic carbocycles. The van der Waals surface area contributed by atoms with Gasteiger partial charge >= 0.3 is 0 Å². The van der Waals surface area contributed by atoms with Crippen LogP contribution in [0.3, 0.4) is 0 Å². The molecule has 0 N–H and O–H groups in total. The van der Waals surface area contributed by atoms with Crippen molar-refractivity contribution in [1.82, 2.24) is 4.31 Å². The van der Waals surface area contributed by atoms with Gasteiger partial charge in [-0.25, -0.2) is 8.42 Å². The molecule has 1 saturated heterocycles. The fraction of sp³-hybridized carbons (Fsp3) is 0.500. The molecule has 100 valence electrons. The fourth-order valence-corrected chi connectivity index (χ4v) is 4.05. The van der Waals surface area contributed by atoms with Crippen LogP contribution in [-0.2, 0) is 10.0 Å². The number of nitrogens with zero attached hydrogens (tertiary/aromatic N) is 1. The van der Waals surface area contributed by atoms with E-state index in [0.717, 1.165) is 4.47 Å². The third-order valence-electron chi connectivity index (χ3n) is 3.21. The van der Waals surface area contributed by atoms with Gasteiger partial charge in [0.05, 0.1) is 4.90 Å². The zero-order valence-electron chi connectivity index (χ0n) is 10.0. The Labute approximate surface area is 121 Å². The molecule has 1 aromatic rings. The van der Waals surface area contributed by atoms with Crippen molar-refractivity contribution < 1.29 is 8.42 Å². The molecule has 2 atom stereocenters. The zero-order valence-corrected chi connectivity index (χ0v) is 13.2. The van der Waals surface area contributed by atoms with Gasteiger partial charge in [0.1, 0.15) is 0 Å². The van der Waals surface area contributed by atoms with Gasteiger partial charge in [0.15, 0.2) is 0 Å². The Kier molecular flexibility index (Phi) is 4.36. The molecule has 2 rings (SSSR count). The Balaban J connectivity index is 2.24. The van der Waals surface area contributed by atoms with E-state index in [2.05, 4.69) is 15.9 Å². The lowest BCUT2D eigenvalue weighted by molar-refractivity contribution is 0.286. The molecule has 2 unspecified atom stereocenters. The second-order valence-electron chi connectivity index (χ2n) is 4.60. The molecule has 1 fully saturated rings. The highest BCUT2D eigenvalue weighted by Gasteiger charge is 2.32. The van der Waals surface area contributed by atoms with Crippen molar-refractivity contribution in [1.29, 1.82) is 0 Å². The first-order chi connectivity index (χ1) is 8.41. The van der Waals surface area contributed by atoms with E-state index in [1.807, 2.05) is 6.92 Å². The predicted octanol–water partition coefficient (Wildman–Crippen LogP) is 3.09. The number of alkyl halides is 1. The summed E-state index contributed by atoms with van der Waals surface area (Å²) in [6, 6.07) is 6.73. The molecular weight excluding hydrogens is 338 g/mol. The van der Waals surface area contributed by atoms with E-state index in [0.29, 0.717) is 24.4 Å². The fourth-order valence-electron chi connectivity index (χ4n) is 2.05. The molecule has 18 heavy (non-hydrogen) atoms. The van der Waals surface area contributed by atoms with Crippen molar-refractivity contribution in [2.45, 2.75) is 23.6 Å². The Morgan fingerprint density at radius 3 is 2.50 bits per heavy atom. The third-order valence-corrected chi connectivity index (χ3v) is 6.27. The summed E-state index contributed by atoms with van der Waals surface area (Å²) in [7, 11) is -3.38. The lowest BCUT2D eigenvalue weighted by Crippen LogP contribution is -2.43. The van der Waals surface area contributed by atoms with Gasteiger partial charge in [0.2, 0.25) is 10.0 Å². The van der Waals surface area contributed by atoms with Crippen molar-refractivity contribution in [3.8, 4) is 0 Å². The number of benzene rings is 1. The summed E-state index contributed by atoms with van der Waals surface area (Å²) in [5, 5.41) is 0.0707. The first kappa shape index (κ1) is 14.3. The summed E-state index contributed by atoms with van der Waals surface area (Å²) in [6.07, 6.45) is 0.707.